The van der Waals surface area contributed by atoms with Crippen LogP contribution in [0.1, 0.15) is 72.6 Å². The standard InChI is InChI=1S/C16H32N2O/c1-5-7-8-9-10-12-19-15(3)13-16(4,14-17)18-11-6-2/h15,18H,5-13H2,1-4H3. The summed E-state index contributed by atoms with van der Waals surface area (Å²) in [6.07, 6.45) is 8.23. The van der Waals surface area contributed by atoms with Crippen molar-refractivity contribution in [3.05, 3.63) is 0 Å². The number of hydrogen-bond donors (Lipinski definition) is 1. The highest BCUT2D eigenvalue weighted by molar-refractivity contribution is 5.04. The van der Waals surface area contributed by atoms with Gasteiger partial charge in [0.25, 0.3) is 0 Å². The van der Waals surface area contributed by atoms with Crippen molar-refractivity contribution in [2.24, 2.45) is 0 Å². The lowest BCUT2D eigenvalue weighted by atomic mass is 9.96. The van der Waals surface area contributed by atoms with Crippen molar-refractivity contribution < 1.29 is 4.74 Å². The van der Waals surface area contributed by atoms with E-state index in [1.165, 1.54) is 25.7 Å². The minimum absolute atomic E-state index is 0.139. The molecule has 0 aliphatic heterocycles. The summed E-state index contributed by atoms with van der Waals surface area (Å²) in [4.78, 5) is 0. The van der Waals surface area contributed by atoms with Crippen LogP contribution in [0.25, 0.3) is 0 Å². The molecule has 1 N–H and O–H groups in total. The van der Waals surface area contributed by atoms with E-state index in [1.807, 2.05) is 6.92 Å². The van der Waals surface area contributed by atoms with Crippen LogP contribution in [0, 0.1) is 11.3 Å². The second-order valence-electron chi connectivity index (χ2n) is 5.67. The second-order valence-corrected chi connectivity index (χ2v) is 5.67. The van der Waals surface area contributed by atoms with Gasteiger partial charge in [-0.05, 0) is 33.2 Å². The van der Waals surface area contributed by atoms with Crippen LogP contribution in [0.5, 0.6) is 0 Å². The van der Waals surface area contributed by atoms with E-state index in [0.29, 0.717) is 0 Å². The maximum absolute atomic E-state index is 9.26. The van der Waals surface area contributed by atoms with Crippen LogP contribution in [0.15, 0.2) is 0 Å². The quantitative estimate of drug-likeness (QED) is 0.543. The van der Waals surface area contributed by atoms with Gasteiger partial charge in [-0.25, -0.2) is 0 Å². The average Bonchev–Trinajstić information content (AvgIpc) is 2.40. The molecule has 0 amide bonds. The molecule has 19 heavy (non-hydrogen) atoms. The molecule has 0 aromatic heterocycles. The zero-order chi connectivity index (χ0) is 14.6. The number of hydrogen-bond acceptors (Lipinski definition) is 3. The first-order valence-electron chi connectivity index (χ1n) is 7.85. The lowest BCUT2D eigenvalue weighted by Gasteiger charge is -2.26. The van der Waals surface area contributed by atoms with E-state index < -0.39 is 5.54 Å². The summed E-state index contributed by atoms with van der Waals surface area (Å²) in [7, 11) is 0. The molecule has 0 saturated heterocycles. The Bertz CT molecular complexity index is 250. The first-order valence-corrected chi connectivity index (χ1v) is 7.85. The summed E-state index contributed by atoms with van der Waals surface area (Å²) in [5.41, 5.74) is -0.461. The highest BCUT2D eigenvalue weighted by Crippen LogP contribution is 2.14. The van der Waals surface area contributed by atoms with Crippen molar-refractivity contribution in [2.75, 3.05) is 13.2 Å². The number of nitrogens with zero attached hydrogens (tertiary/aromatic N) is 1. The molecule has 0 saturated carbocycles. The number of rotatable bonds is 12. The summed E-state index contributed by atoms with van der Waals surface area (Å²) in [5.74, 6) is 0. The van der Waals surface area contributed by atoms with Crippen molar-refractivity contribution in [1.82, 2.24) is 5.32 Å². The summed E-state index contributed by atoms with van der Waals surface area (Å²) < 4.78 is 5.81. The van der Waals surface area contributed by atoms with Crippen molar-refractivity contribution >= 4 is 0 Å². The monoisotopic (exact) mass is 268 g/mol. The molecule has 0 aliphatic carbocycles. The third-order valence-corrected chi connectivity index (χ3v) is 3.36. The van der Waals surface area contributed by atoms with Gasteiger partial charge in [-0.2, -0.15) is 5.26 Å². The van der Waals surface area contributed by atoms with E-state index in [0.717, 1.165) is 32.4 Å². The van der Waals surface area contributed by atoms with Gasteiger partial charge in [-0.15, -0.1) is 0 Å². The fourth-order valence-corrected chi connectivity index (χ4v) is 2.18. The van der Waals surface area contributed by atoms with Gasteiger partial charge in [-0.1, -0.05) is 39.5 Å². The Hall–Kier alpha value is -0.590. The van der Waals surface area contributed by atoms with Crippen LogP contribution in [0.2, 0.25) is 0 Å². The largest absolute Gasteiger partial charge is 0.378 e. The molecule has 0 fully saturated rings. The summed E-state index contributed by atoms with van der Waals surface area (Å²) >= 11 is 0. The third kappa shape index (κ3) is 9.92. The first kappa shape index (κ1) is 18.4. The maximum atomic E-state index is 9.26. The smallest absolute Gasteiger partial charge is 0.106 e. The van der Waals surface area contributed by atoms with E-state index in [2.05, 4.69) is 32.2 Å². The van der Waals surface area contributed by atoms with Crippen molar-refractivity contribution in [2.45, 2.75) is 84.3 Å². The molecule has 2 unspecified atom stereocenters. The van der Waals surface area contributed by atoms with Crippen molar-refractivity contribution in [3.63, 3.8) is 0 Å². The van der Waals surface area contributed by atoms with Gasteiger partial charge in [0.05, 0.1) is 12.2 Å². The predicted octanol–water partition coefficient (Wildman–Crippen LogP) is 4.03. The summed E-state index contributed by atoms with van der Waals surface area (Å²) in [6, 6.07) is 2.37. The van der Waals surface area contributed by atoms with Gasteiger partial charge < -0.3 is 4.74 Å². The van der Waals surface area contributed by atoms with Crippen LogP contribution in [-0.4, -0.2) is 24.8 Å². The van der Waals surface area contributed by atoms with Gasteiger partial charge >= 0.3 is 0 Å². The second kappa shape index (κ2) is 11.3. The first-order chi connectivity index (χ1) is 9.08. The van der Waals surface area contributed by atoms with Crippen molar-refractivity contribution in [1.29, 1.82) is 5.26 Å². The van der Waals surface area contributed by atoms with Crippen LogP contribution in [-0.2, 0) is 4.74 Å². The van der Waals surface area contributed by atoms with E-state index in [4.69, 9.17) is 4.74 Å². The number of ether oxygens (including phenoxy) is 1. The molecule has 0 heterocycles. The van der Waals surface area contributed by atoms with Gasteiger partial charge in [0.2, 0.25) is 0 Å². The zero-order valence-electron chi connectivity index (χ0n) is 13.3. The minimum Gasteiger partial charge on any atom is -0.378 e. The molecule has 3 heteroatoms. The maximum Gasteiger partial charge on any atom is 0.106 e. The summed E-state index contributed by atoms with van der Waals surface area (Å²) in [6.45, 7) is 10.1. The molecular weight excluding hydrogens is 236 g/mol. The molecule has 0 bridgehead atoms. The Morgan fingerprint density at radius 3 is 2.42 bits per heavy atom. The molecule has 0 aromatic rings. The molecule has 0 radical (unpaired) electrons. The molecule has 0 spiro atoms. The Kier molecular flexibility index (Phi) is 10.9. The van der Waals surface area contributed by atoms with Crippen LogP contribution < -0.4 is 5.32 Å². The van der Waals surface area contributed by atoms with Crippen molar-refractivity contribution in [3.8, 4) is 6.07 Å². The SMILES string of the molecule is CCCCCCCOC(C)CC(C)(C#N)NCCC. The highest BCUT2D eigenvalue weighted by atomic mass is 16.5. The molecule has 0 rings (SSSR count). The van der Waals surface area contributed by atoms with Gasteiger partial charge in [-0.3, -0.25) is 5.32 Å². The Morgan fingerprint density at radius 1 is 1.16 bits per heavy atom. The van der Waals surface area contributed by atoms with E-state index >= 15 is 0 Å². The fourth-order valence-electron chi connectivity index (χ4n) is 2.18. The van der Waals surface area contributed by atoms with E-state index in [9.17, 15) is 5.26 Å². The van der Waals surface area contributed by atoms with Crippen LogP contribution >= 0.6 is 0 Å². The predicted molar refractivity (Wildman–Crippen MR) is 81.1 cm³/mol. The molecule has 3 nitrogen and oxygen atoms in total. The Balaban J connectivity index is 3.76. The topological polar surface area (TPSA) is 45.0 Å². The number of nitrogens with one attached hydrogen (secondary N) is 1. The average molecular weight is 268 g/mol. The van der Waals surface area contributed by atoms with Gasteiger partial charge in [0.1, 0.15) is 5.54 Å². The Morgan fingerprint density at radius 2 is 1.84 bits per heavy atom. The van der Waals surface area contributed by atoms with Gasteiger partial charge in [0.15, 0.2) is 0 Å². The molecule has 112 valence electrons. The lowest BCUT2D eigenvalue weighted by Crippen LogP contribution is -2.44. The van der Waals surface area contributed by atoms with Crippen LogP contribution in [0.4, 0.5) is 0 Å². The fraction of sp³-hybridized carbons (Fsp3) is 0.938. The van der Waals surface area contributed by atoms with Crippen LogP contribution in [0.3, 0.4) is 0 Å². The van der Waals surface area contributed by atoms with E-state index in [1.54, 1.807) is 0 Å². The van der Waals surface area contributed by atoms with Gasteiger partial charge in [0, 0.05) is 13.0 Å². The third-order valence-electron chi connectivity index (χ3n) is 3.36. The highest BCUT2D eigenvalue weighted by Gasteiger charge is 2.25. The number of unbranched alkanes of at least 4 members (excludes halogenated alkanes) is 4. The Labute approximate surface area is 119 Å². The normalized spacial score (nSPS) is 15.7. The summed E-state index contributed by atoms with van der Waals surface area (Å²) in [5, 5.41) is 12.6. The lowest BCUT2D eigenvalue weighted by molar-refractivity contribution is 0.0452. The zero-order valence-corrected chi connectivity index (χ0v) is 13.3. The molecule has 0 aliphatic rings. The molecule has 2 atom stereocenters. The minimum atomic E-state index is -0.461. The molecule has 0 aromatic carbocycles. The number of nitriles is 1. The molecular formula is C16H32N2O. The van der Waals surface area contributed by atoms with E-state index in [-0.39, 0.29) is 6.10 Å².